The van der Waals surface area contributed by atoms with Gasteiger partial charge in [0.15, 0.2) is 0 Å². The van der Waals surface area contributed by atoms with E-state index in [1.165, 1.54) is 0 Å². The third kappa shape index (κ3) is 3.26. The third-order valence-corrected chi connectivity index (χ3v) is 5.54. The number of amides is 2. The number of hydrogen-bond donors (Lipinski definition) is 1. The van der Waals surface area contributed by atoms with Crippen molar-refractivity contribution in [3.8, 4) is 0 Å². The zero-order valence-corrected chi connectivity index (χ0v) is 16.2. The third-order valence-electron chi connectivity index (χ3n) is 5.54. The van der Waals surface area contributed by atoms with Crippen LogP contribution in [0.25, 0.3) is 10.8 Å². The van der Waals surface area contributed by atoms with Crippen LogP contribution in [0.1, 0.15) is 24.5 Å². The summed E-state index contributed by atoms with van der Waals surface area (Å²) in [5.74, 6) is -0.437. The quantitative estimate of drug-likeness (QED) is 0.721. The molecule has 1 heterocycles. The van der Waals surface area contributed by atoms with E-state index in [9.17, 15) is 9.59 Å². The second-order valence-corrected chi connectivity index (χ2v) is 7.36. The summed E-state index contributed by atoms with van der Waals surface area (Å²) in [6.45, 7) is 4.48. The molecule has 0 spiro atoms. The summed E-state index contributed by atoms with van der Waals surface area (Å²) in [4.78, 5) is 27.4. The Balaban J connectivity index is 1.58. The standard InChI is InChI=1S/C24H24N2O2/c1-3-17-10-6-8-16(2)23(17)25-24(28)19-14-22(27)26(15-19)21-13-7-11-18-9-4-5-12-20(18)21/h4-13,19H,3,14-15H2,1-2H3,(H,25,28)/t19-/m0/s1. The van der Waals surface area contributed by atoms with Gasteiger partial charge in [0.1, 0.15) is 0 Å². The number of fused-ring (bicyclic) bond motifs is 1. The summed E-state index contributed by atoms with van der Waals surface area (Å²) < 4.78 is 0. The van der Waals surface area contributed by atoms with Crippen LogP contribution < -0.4 is 10.2 Å². The van der Waals surface area contributed by atoms with Crippen molar-refractivity contribution in [3.05, 3.63) is 71.8 Å². The highest BCUT2D eigenvalue weighted by Gasteiger charge is 2.36. The van der Waals surface area contributed by atoms with E-state index in [1.54, 1.807) is 4.90 Å². The number of carbonyl (C=O) groups is 2. The summed E-state index contributed by atoms with van der Waals surface area (Å²) in [5, 5.41) is 5.21. The molecule has 1 N–H and O–H groups in total. The lowest BCUT2D eigenvalue weighted by Crippen LogP contribution is -2.28. The molecule has 1 fully saturated rings. The first-order valence-corrected chi connectivity index (χ1v) is 9.76. The number of benzene rings is 3. The SMILES string of the molecule is CCc1cccc(C)c1NC(=O)[C@H]1CC(=O)N(c2cccc3ccccc23)C1. The van der Waals surface area contributed by atoms with Crippen molar-refractivity contribution in [2.24, 2.45) is 5.92 Å². The molecule has 1 aliphatic rings. The van der Waals surface area contributed by atoms with Crippen LogP contribution in [-0.4, -0.2) is 18.4 Å². The van der Waals surface area contributed by atoms with Gasteiger partial charge in [-0.2, -0.15) is 0 Å². The number of rotatable bonds is 4. The zero-order chi connectivity index (χ0) is 19.7. The summed E-state index contributed by atoms with van der Waals surface area (Å²) in [7, 11) is 0. The van der Waals surface area contributed by atoms with Gasteiger partial charge in [-0.15, -0.1) is 0 Å². The van der Waals surface area contributed by atoms with Crippen LogP contribution in [-0.2, 0) is 16.0 Å². The molecule has 0 unspecified atom stereocenters. The monoisotopic (exact) mass is 372 g/mol. The molecule has 1 aliphatic heterocycles. The minimum Gasteiger partial charge on any atom is -0.325 e. The molecular weight excluding hydrogens is 348 g/mol. The molecule has 4 heteroatoms. The highest BCUT2D eigenvalue weighted by atomic mass is 16.2. The Morgan fingerprint density at radius 1 is 1.07 bits per heavy atom. The number of carbonyl (C=O) groups excluding carboxylic acids is 2. The molecule has 0 radical (unpaired) electrons. The fraction of sp³-hybridized carbons (Fsp3) is 0.250. The van der Waals surface area contributed by atoms with Gasteiger partial charge in [0.2, 0.25) is 11.8 Å². The Labute approximate surface area is 165 Å². The Bertz CT molecular complexity index is 1050. The molecule has 0 bridgehead atoms. The predicted octanol–water partition coefficient (Wildman–Crippen LogP) is 4.70. The van der Waals surface area contributed by atoms with Crippen LogP contribution in [0, 0.1) is 12.8 Å². The van der Waals surface area contributed by atoms with E-state index in [-0.39, 0.29) is 24.2 Å². The van der Waals surface area contributed by atoms with Crippen LogP contribution in [0.2, 0.25) is 0 Å². The van der Waals surface area contributed by atoms with E-state index in [2.05, 4.69) is 12.2 Å². The summed E-state index contributed by atoms with van der Waals surface area (Å²) in [6.07, 6.45) is 1.09. The number of aryl methyl sites for hydroxylation is 2. The molecule has 0 aliphatic carbocycles. The fourth-order valence-corrected chi connectivity index (χ4v) is 3.99. The highest BCUT2D eigenvalue weighted by molar-refractivity contribution is 6.08. The molecule has 0 saturated carbocycles. The first kappa shape index (κ1) is 18.2. The van der Waals surface area contributed by atoms with Gasteiger partial charge >= 0.3 is 0 Å². The van der Waals surface area contributed by atoms with E-state index >= 15 is 0 Å². The van der Waals surface area contributed by atoms with E-state index < -0.39 is 0 Å². The molecule has 0 aromatic heterocycles. The zero-order valence-electron chi connectivity index (χ0n) is 16.2. The number of nitrogens with zero attached hydrogens (tertiary/aromatic N) is 1. The van der Waals surface area contributed by atoms with Gasteiger partial charge in [0, 0.05) is 24.0 Å². The number of anilines is 2. The summed E-state index contributed by atoms with van der Waals surface area (Å²) >= 11 is 0. The lowest BCUT2D eigenvalue weighted by molar-refractivity contribution is -0.122. The van der Waals surface area contributed by atoms with Crippen molar-refractivity contribution in [2.45, 2.75) is 26.7 Å². The first-order chi connectivity index (χ1) is 13.6. The van der Waals surface area contributed by atoms with Crippen molar-refractivity contribution >= 4 is 34.0 Å². The van der Waals surface area contributed by atoms with Gasteiger partial charge in [-0.05, 0) is 35.9 Å². The van der Waals surface area contributed by atoms with Gasteiger partial charge < -0.3 is 10.2 Å². The maximum absolute atomic E-state index is 12.9. The Morgan fingerprint density at radius 2 is 1.82 bits per heavy atom. The second kappa shape index (κ2) is 7.47. The van der Waals surface area contributed by atoms with E-state index in [0.717, 1.165) is 39.7 Å². The van der Waals surface area contributed by atoms with Crippen molar-refractivity contribution in [3.63, 3.8) is 0 Å². The maximum atomic E-state index is 12.9. The largest absolute Gasteiger partial charge is 0.325 e. The molecular formula is C24H24N2O2. The maximum Gasteiger partial charge on any atom is 0.229 e. The lowest BCUT2D eigenvalue weighted by Gasteiger charge is -2.19. The summed E-state index contributed by atoms with van der Waals surface area (Å²) in [5.41, 5.74) is 3.92. The molecule has 3 aromatic rings. The topological polar surface area (TPSA) is 49.4 Å². The van der Waals surface area contributed by atoms with Crippen LogP contribution in [0.4, 0.5) is 11.4 Å². The Kier molecular flexibility index (Phi) is 4.86. The van der Waals surface area contributed by atoms with Gasteiger partial charge in [-0.25, -0.2) is 0 Å². The fourth-order valence-electron chi connectivity index (χ4n) is 3.99. The van der Waals surface area contributed by atoms with Crippen molar-refractivity contribution in [1.82, 2.24) is 0 Å². The molecule has 4 rings (SSSR count). The molecule has 4 nitrogen and oxygen atoms in total. The second-order valence-electron chi connectivity index (χ2n) is 7.36. The normalized spacial score (nSPS) is 16.6. The highest BCUT2D eigenvalue weighted by Crippen LogP contribution is 2.32. The number of para-hydroxylation sites is 1. The molecule has 1 atom stereocenters. The average Bonchev–Trinajstić information content (AvgIpc) is 3.10. The smallest absolute Gasteiger partial charge is 0.229 e. The minimum atomic E-state index is -0.351. The van der Waals surface area contributed by atoms with Crippen LogP contribution in [0.3, 0.4) is 0 Å². The lowest BCUT2D eigenvalue weighted by atomic mass is 10.0. The summed E-state index contributed by atoms with van der Waals surface area (Å²) in [6, 6.07) is 20.0. The number of hydrogen-bond acceptors (Lipinski definition) is 2. The molecule has 142 valence electrons. The molecule has 1 saturated heterocycles. The van der Waals surface area contributed by atoms with E-state index in [0.29, 0.717) is 6.54 Å². The number of nitrogens with one attached hydrogen (secondary N) is 1. The van der Waals surface area contributed by atoms with E-state index in [1.807, 2.05) is 67.6 Å². The molecule has 2 amide bonds. The van der Waals surface area contributed by atoms with Gasteiger partial charge in [-0.3, -0.25) is 9.59 Å². The van der Waals surface area contributed by atoms with Crippen LogP contribution in [0.5, 0.6) is 0 Å². The van der Waals surface area contributed by atoms with Crippen molar-refractivity contribution in [2.75, 3.05) is 16.8 Å². The first-order valence-electron chi connectivity index (χ1n) is 9.76. The molecule has 28 heavy (non-hydrogen) atoms. The van der Waals surface area contributed by atoms with Crippen LogP contribution in [0.15, 0.2) is 60.7 Å². The van der Waals surface area contributed by atoms with Crippen molar-refractivity contribution < 1.29 is 9.59 Å². The van der Waals surface area contributed by atoms with Crippen molar-refractivity contribution in [1.29, 1.82) is 0 Å². The van der Waals surface area contributed by atoms with Gasteiger partial charge in [0.05, 0.1) is 11.6 Å². The Hall–Kier alpha value is -3.14. The van der Waals surface area contributed by atoms with Crippen LogP contribution >= 0.6 is 0 Å². The Morgan fingerprint density at radius 3 is 2.64 bits per heavy atom. The van der Waals surface area contributed by atoms with Gasteiger partial charge in [-0.1, -0.05) is 61.5 Å². The molecule has 3 aromatic carbocycles. The average molecular weight is 372 g/mol. The minimum absolute atomic E-state index is 0.00278. The van der Waals surface area contributed by atoms with Gasteiger partial charge in [0.25, 0.3) is 0 Å². The predicted molar refractivity (Wildman–Crippen MR) is 114 cm³/mol. The van der Waals surface area contributed by atoms with E-state index in [4.69, 9.17) is 0 Å².